The molecule has 0 saturated carbocycles. The normalized spacial score (nSPS) is 24.3. The molecule has 0 bridgehead atoms. The molecule has 1 saturated heterocycles. The van der Waals surface area contributed by atoms with Crippen molar-refractivity contribution in [3.8, 4) is 5.75 Å². The highest BCUT2D eigenvalue weighted by molar-refractivity contribution is 5.80. The molecular formula is C19H29N3O2. The van der Waals surface area contributed by atoms with Gasteiger partial charge in [0, 0.05) is 23.9 Å². The van der Waals surface area contributed by atoms with Gasteiger partial charge in [0.15, 0.2) is 5.96 Å². The van der Waals surface area contributed by atoms with Gasteiger partial charge in [0.25, 0.3) is 0 Å². The Balaban J connectivity index is 1.77. The zero-order chi connectivity index (χ0) is 17.2. The van der Waals surface area contributed by atoms with Crippen LogP contribution in [-0.2, 0) is 4.74 Å². The fraction of sp³-hybridized carbons (Fsp3) is 0.632. The van der Waals surface area contributed by atoms with Gasteiger partial charge >= 0.3 is 0 Å². The van der Waals surface area contributed by atoms with Crippen molar-refractivity contribution in [3.05, 3.63) is 29.8 Å². The van der Waals surface area contributed by atoms with Crippen LogP contribution in [0.15, 0.2) is 29.3 Å². The molecule has 132 valence electrons. The molecule has 3 rings (SSSR count). The lowest BCUT2D eigenvalue weighted by Crippen LogP contribution is -2.47. The molecule has 0 aliphatic carbocycles. The number of para-hydroxylation sites is 1. The average molecular weight is 331 g/mol. The third-order valence-electron chi connectivity index (χ3n) is 4.55. The molecule has 0 radical (unpaired) electrons. The molecule has 2 heterocycles. The molecule has 0 spiro atoms. The summed E-state index contributed by atoms with van der Waals surface area (Å²) in [5.74, 6) is 1.82. The van der Waals surface area contributed by atoms with Crippen molar-refractivity contribution < 1.29 is 9.47 Å². The van der Waals surface area contributed by atoms with Crippen LogP contribution in [0.25, 0.3) is 0 Å². The smallest absolute Gasteiger partial charge is 0.191 e. The highest BCUT2D eigenvalue weighted by Gasteiger charge is 2.35. The number of aliphatic imine (C=N–C) groups is 1. The average Bonchev–Trinajstić information content (AvgIpc) is 2.50. The number of guanidine groups is 1. The van der Waals surface area contributed by atoms with Crippen molar-refractivity contribution >= 4 is 5.96 Å². The molecular weight excluding hydrogens is 302 g/mol. The van der Waals surface area contributed by atoms with Crippen molar-refractivity contribution in [1.29, 1.82) is 0 Å². The van der Waals surface area contributed by atoms with Crippen LogP contribution in [0.3, 0.4) is 0 Å². The minimum atomic E-state index is -0.197. The number of nitrogens with zero attached hydrogens (tertiary/aromatic N) is 1. The lowest BCUT2D eigenvalue weighted by atomic mass is 9.89. The van der Waals surface area contributed by atoms with Gasteiger partial charge in [0.05, 0.1) is 25.8 Å². The maximum absolute atomic E-state index is 6.12. The van der Waals surface area contributed by atoms with Gasteiger partial charge in [-0.05, 0) is 26.8 Å². The third-order valence-corrected chi connectivity index (χ3v) is 4.55. The second-order valence-corrected chi connectivity index (χ2v) is 7.80. The van der Waals surface area contributed by atoms with E-state index in [0.29, 0.717) is 0 Å². The molecule has 1 unspecified atom stereocenters. The van der Waals surface area contributed by atoms with Gasteiger partial charge in [-0.15, -0.1) is 0 Å². The molecule has 1 fully saturated rings. The summed E-state index contributed by atoms with van der Waals surface area (Å²) in [4.78, 5) is 4.80. The Morgan fingerprint density at radius 2 is 2.00 bits per heavy atom. The summed E-state index contributed by atoms with van der Waals surface area (Å²) < 4.78 is 11.4. The summed E-state index contributed by atoms with van der Waals surface area (Å²) in [5, 5.41) is 6.97. The van der Waals surface area contributed by atoms with Gasteiger partial charge in [0.1, 0.15) is 11.4 Å². The molecule has 2 aliphatic rings. The molecule has 2 N–H and O–H groups in total. The van der Waals surface area contributed by atoms with Crippen molar-refractivity contribution in [1.82, 2.24) is 10.6 Å². The minimum absolute atomic E-state index is 0.176. The summed E-state index contributed by atoms with van der Waals surface area (Å²) >= 11 is 0. The maximum atomic E-state index is 6.12. The van der Waals surface area contributed by atoms with E-state index in [4.69, 9.17) is 14.5 Å². The first kappa shape index (κ1) is 17.1. The van der Waals surface area contributed by atoms with Gasteiger partial charge in [-0.2, -0.15) is 0 Å². The monoisotopic (exact) mass is 331 g/mol. The van der Waals surface area contributed by atoms with Crippen LogP contribution in [0.5, 0.6) is 5.75 Å². The second-order valence-electron chi connectivity index (χ2n) is 7.80. The van der Waals surface area contributed by atoms with E-state index < -0.39 is 0 Å². The molecule has 5 heteroatoms. The number of fused-ring (bicyclic) bond motifs is 1. The van der Waals surface area contributed by atoms with Crippen LogP contribution in [0.4, 0.5) is 0 Å². The largest absolute Gasteiger partial charge is 0.487 e. The number of benzene rings is 1. The highest BCUT2D eigenvalue weighted by Crippen LogP contribution is 2.39. The van der Waals surface area contributed by atoms with Crippen molar-refractivity contribution in [2.45, 2.75) is 45.8 Å². The van der Waals surface area contributed by atoms with Crippen molar-refractivity contribution in [2.75, 3.05) is 26.3 Å². The Labute approximate surface area is 144 Å². The lowest BCUT2D eigenvalue weighted by Gasteiger charge is -2.39. The number of ether oxygens (including phenoxy) is 2. The Bertz CT molecular complexity index is 608. The van der Waals surface area contributed by atoms with Gasteiger partial charge in [-0.1, -0.05) is 25.1 Å². The molecule has 1 aromatic carbocycles. The zero-order valence-corrected chi connectivity index (χ0v) is 15.2. The van der Waals surface area contributed by atoms with Crippen molar-refractivity contribution in [3.63, 3.8) is 0 Å². The first-order valence-electron chi connectivity index (χ1n) is 8.81. The number of rotatable bonds is 4. The predicted octanol–water partition coefficient (Wildman–Crippen LogP) is 2.88. The summed E-state index contributed by atoms with van der Waals surface area (Å²) in [6.07, 6.45) is 0.898. The van der Waals surface area contributed by atoms with Gasteiger partial charge in [0.2, 0.25) is 0 Å². The molecule has 2 aliphatic heterocycles. The molecule has 0 aromatic heterocycles. The Morgan fingerprint density at radius 3 is 2.67 bits per heavy atom. The van der Waals surface area contributed by atoms with E-state index in [-0.39, 0.29) is 17.1 Å². The molecule has 1 aromatic rings. The standard InChI is InChI=1S/C19H29N3O2/c1-5-20-17(21-11-19(4)12-23-13-19)22-15-10-18(2,3)24-16-9-7-6-8-14(15)16/h6-9,15H,5,10-13H2,1-4H3,(H2,20,21,22). The van der Waals surface area contributed by atoms with Crippen LogP contribution >= 0.6 is 0 Å². The first-order chi connectivity index (χ1) is 11.4. The van der Waals surface area contributed by atoms with Crippen LogP contribution in [0.1, 0.15) is 45.7 Å². The number of nitrogens with one attached hydrogen (secondary N) is 2. The number of hydrogen-bond donors (Lipinski definition) is 2. The third kappa shape index (κ3) is 3.83. The van der Waals surface area contributed by atoms with E-state index in [1.807, 2.05) is 12.1 Å². The van der Waals surface area contributed by atoms with E-state index >= 15 is 0 Å². The maximum Gasteiger partial charge on any atom is 0.191 e. The van der Waals surface area contributed by atoms with Gasteiger partial charge < -0.3 is 20.1 Å². The van der Waals surface area contributed by atoms with Crippen LogP contribution in [0, 0.1) is 5.41 Å². The summed E-state index contributed by atoms with van der Waals surface area (Å²) in [5.41, 5.74) is 1.17. The summed E-state index contributed by atoms with van der Waals surface area (Å²) in [6, 6.07) is 8.45. The fourth-order valence-electron chi connectivity index (χ4n) is 3.23. The summed E-state index contributed by atoms with van der Waals surface area (Å²) in [7, 11) is 0. The van der Waals surface area contributed by atoms with E-state index in [1.165, 1.54) is 5.56 Å². The minimum Gasteiger partial charge on any atom is -0.487 e. The van der Waals surface area contributed by atoms with Crippen LogP contribution in [0.2, 0.25) is 0 Å². The van der Waals surface area contributed by atoms with Gasteiger partial charge in [-0.25, -0.2) is 0 Å². The first-order valence-corrected chi connectivity index (χ1v) is 8.81. The van der Waals surface area contributed by atoms with E-state index in [9.17, 15) is 0 Å². The van der Waals surface area contributed by atoms with Gasteiger partial charge in [-0.3, -0.25) is 4.99 Å². The quantitative estimate of drug-likeness (QED) is 0.658. The molecule has 24 heavy (non-hydrogen) atoms. The summed E-state index contributed by atoms with van der Waals surface area (Å²) in [6.45, 7) is 11.8. The van der Waals surface area contributed by atoms with Crippen molar-refractivity contribution in [2.24, 2.45) is 10.4 Å². The predicted molar refractivity (Wildman–Crippen MR) is 96.5 cm³/mol. The molecule has 5 nitrogen and oxygen atoms in total. The number of hydrogen-bond acceptors (Lipinski definition) is 3. The Kier molecular flexibility index (Phi) is 4.72. The lowest BCUT2D eigenvalue weighted by molar-refractivity contribution is -0.0945. The van der Waals surface area contributed by atoms with Crippen LogP contribution < -0.4 is 15.4 Å². The zero-order valence-electron chi connectivity index (χ0n) is 15.2. The second kappa shape index (κ2) is 6.63. The van der Waals surface area contributed by atoms with E-state index in [0.717, 1.165) is 44.4 Å². The molecule has 0 amide bonds. The topological polar surface area (TPSA) is 54.9 Å². The highest BCUT2D eigenvalue weighted by atomic mass is 16.5. The SMILES string of the molecule is CCNC(=NCC1(C)COC1)NC1CC(C)(C)Oc2ccccc21. The Morgan fingerprint density at radius 1 is 1.25 bits per heavy atom. The Hall–Kier alpha value is -1.75. The van der Waals surface area contributed by atoms with E-state index in [2.05, 4.69) is 50.5 Å². The fourth-order valence-corrected chi connectivity index (χ4v) is 3.23. The molecule has 1 atom stereocenters. The van der Waals surface area contributed by atoms with Crippen LogP contribution in [-0.4, -0.2) is 37.9 Å². The van der Waals surface area contributed by atoms with E-state index in [1.54, 1.807) is 0 Å².